The summed E-state index contributed by atoms with van der Waals surface area (Å²) in [5.74, 6) is 0.269. The first-order valence-corrected chi connectivity index (χ1v) is 10.6. The van der Waals surface area contributed by atoms with Crippen LogP contribution >= 0.6 is 23.6 Å². The SMILES string of the molecule is CCCC[C@H](CC)CNC(=S)NNC(=O)c1sc2nc(C)cc(C)c2c1N. The van der Waals surface area contributed by atoms with Crippen LogP contribution in [0.5, 0.6) is 0 Å². The van der Waals surface area contributed by atoms with Gasteiger partial charge in [-0.1, -0.05) is 33.1 Å². The molecule has 0 aromatic carbocycles. The molecule has 0 bridgehead atoms. The van der Waals surface area contributed by atoms with E-state index in [1.807, 2.05) is 19.9 Å². The molecule has 0 fully saturated rings. The Balaban J connectivity index is 1.94. The molecule has 148 valence electrons. The van der Waals surface area contributed by atoms with E-state index in [2.05, 4.69) is 35.0 Å². The molecular formula is C19H29N5OS2. The summed E-state index contributed by atoms with van der Waals surface area (Å²) in [5, 5.41) is 4.42. The van der Waals surface area contributed by atoms with E-state index in [9.17, 15) is 4.79 Å². The monoisotopic (exact) mass is 407 g/mol. The van der Waals surface area contributed by atoms with Crippen LogP contribution in [0.1, 0.15) is 60.5 Å². The molecule has 2 aromatic heterocycles. The third-order valence-corrected chi connectivity index (χ3v) is 5.96. The van der Waals surface area contributed by atoms with Gasteiger partial charge in [0.25, 0.3) is 5.91 Å². The van der Waals surface area contributed by atoms with E-state index in [1.54, 1.807) is 0 Å². The number of hydrogen-bond donors (Lipinski definition) is 4. The lowest BCUT2D eigenvalue weighted by Gasteiger charge is -2.17. The Hall–Kier alpha value is -1.93. The number of thiocarbonyl (C=S) groups is 1. The molecule has 0 unspecified atom stereocenters. The molecule has 0 aliphatic heterocycles. The lowest BCUT2D eigenvalue weighted by atomic mass is 9.99. The molecule has 0 saturated heterocycles. The van der Waals surface area contributed by atoms with E-state index in [4.69, 9.17) is 18.0 Å². The first-order chi connectivity index (χ1) is 12.9. The van der Waals surface area contributed by atoms with E-state index < -0.39 is 0 Å². The first-order valence-electron chi connectivity index (χ1n) is 9.37. The third-order valence-electron chi connectivity index (χ3n) is 4.61. The molecule has 2 heterocycles. The molecule has 1 amide bonds. The summed E-state index contributed by atoms with van der Waals surface area (Å²) in [6.07, 6.45) is 4.69. The predicted octanol–water partition coefficient (Wildman–Crippen LogP) is 3.82. The average molecular weight is 408 g/mol. The van der Waals surface area contributed by atoms with Gasteiger partial charge in [0.2, 0.25) is 0 Å². The number of nitrogens with one attached hydrogen (secondary N) is 3. The first kappa shape index (κ1) is 21.4. The Kier molecular flexibility index (Phi) is 7.79. The highest BCUT2D eigenvalue weighted by atomic mass is 32.1. The number of nitrogens with two attached hydrogens (primary N) is 1. The number of carbonyl (C=O) groups is 1. The average Bonchev–Trinajstić information content (AvgIpc) is 2.96. The Bertz CT molecular complexity index is 818. The van der Waals surface area contributed by atoms with Crippen molar-refractivity contribution in [1.29, 1.82) is 0 Å². The van der Waals surface area contributed by atoms with Crippen LogP contribution in [-0.2, 0) is 0 Å². The molecule has 27 heavy (non-hydrogen) atoms. The van der Waals surface area contributed by atoms with Crippen molar-refractivity contribution in [3.8, 4) is 0 Å². The number of aromatic nitrogens is 1. The maximum atomic E-state index is 12.5. The summed E-state index contributed by atoms with van der Waals surface area (Å²) in [6, 6.07) is 1.97. The molecule has 2 rings (SSSR count). The van der Waals surface area contributed by atoms with Crippen molar-refractivity contribution in [1.82, 2.24) is 21.2 Å². The van der Waals surface area contributed by atoms with Crippen molar-refractivity contribution in [2.45, 2.75) is 53.4 Å². The van der Waals surface area contributed by atoms with E-state index in [-0.39, 0.29) is 5.91 Å². The zero-order valence-electron chi connectivity index (χ0n) is 16.4. The molecule has 0 aliphatic carbocycles. The quantitative estimate of drug-likeness (QED) is 0.412. The highest BCUT2D eigenvalue weighted by Gasteiger charge is 2.19. The van der Waals surface area contributed by atoms with Crippen molar-refractivity contribution in [2.24, 2.45) is 5.92 Å². The molecule has 0 spiro atoms. The molecule has 0 radical (unpaired) electrons. The van der Waals surface area contributed by atoms with Crippen LogP contribution in [0.2, 0.25) is 0 Å². The van der Waals surface area contributed by atoms with Gasteiger partial charge in [0.1, 0.15) is 9.71 Å². The van der Waals surface area contributed by atoms with Crippen LogP contribution in [-0.4, -0.2) is 22.5 Å². The summed E-state index contributed by atoms with van der Waals surface area (Å²) in [7, 11) is 0. The topological polar surface area (TPSA) is 92.1 Å². The van der Waals surface area contributed by atoms with Gasteiger partial charge in [0, 0.05) is 17.6 Å². The standard InChI is InChI=1S/C19H29N5OS2/c1-5-7-8-13(6-2)10-21-19(26)24-23-17(25)16-15(20)14-11(3)9-12(4)22-18(14)27-16/h9,13H,5-8,10,20H2,1-4H3,(H,23,25)(H2,21,24,26)/t13-/m0/s1. The lowest BCUT2D eigenvalue weighted by Crippen LogP contribution is -2.47. The maximum Gasteiger partial charge on any atom is 0.281 e. The Morgan fingerprint density at radius 2 is 2.07 bits per heavy atom. The van der Waals surface area contributed by atoms with E-state index in [1.165, 1.54) is 30.6 Å². The lowest BCUT2D eigenvalue weighted by molar-refractivity contribution is 0.0948. The van der Waals surface area contributed by atoms with Crippen molar-refractivity contribution < 1.29 is 4.79 Å². The van der Waals surface area contributed by atoms with Gasteiger partial charge < -0.3 is 11.1 Å². The number of fused-ring (bicyclic) bond motifs is 1. The molecular weight excluding hydrogens is 378 g/mol. The number of carbonyl (C=O) groups excluding carboxylic acids is 1. The van der Waals surface area contributed by atoms with Crippen LogP contribution in [0.15, 0.2) is 6.07 Å². The zero-order chi connectivity index (χ0) is 20.0. The van der Waals surface area contributed by atoms with Crippen molar-refractivity contribution >= 4 is 50.5 Å². The smallest absolute Gasteiger partial charge is 0.281 e. The fraction of sp³-hybridized carbons (Fsp3) is 0.526. The molecule has 5 N–H and O–H groups in total. The highest BCUT2D eigenvalue weighted by Crippen LogP contribution is 2.34. The molecule has 0 aliphatic rings. The summed E-state index contributed by atoms with van der Waals surface area (Å²) >= 11 is 6.55. The molecule has 1 atom stereocenters. The fourth-order valence-electron chi connectivity index (χ4n) is 3.03. The summed E-state index contributed by atoms with van der Waals surface area (Å²) in [4.78, 5) is 18.2. The molecule has 6 nitrogen and oxygen atoms in total. The second-order valence-electron chi connectivity index (χ2n) is 6.81. The Morgan fingerprint density at radius 1 is 1.33 bits per heavy atom. The van der Waals surface area contributed by atoms with Gasteiger partial charge in [-0.15, -0.1) is 11.3 Å². The number of unbranched alkanes of at least 4 members (excludes halogenated alkanes) is 1. The Morgan fingerprint density at radius 3 is 2.74 bits per heavy atom. The second-order valence-corrected chi connectivity index (χ2v) is 8.22. The van der Waals surface area contributed by atoms with Gasteiger partial charge >= 0.3 is 0 Å². The highest BCUT2D eigenvalue weighted by molar-refractivity contribution is 7.80. The van der Waals surface area contributed by atoms with Crippen LogP contribution in [0.4, 0.5) is 5.69 Å². The zero-order valence-corrected chi connectivity index (χ0v) is 18.1. The van der Waals surface area contributed by atoms with Crippen LogP contribution in [0.25, 0.3) is 10.2 Å². The van der Waals surface area contributed by atoms with Gasteiger partial charge in [0.15, 0.2) is 5.11 Å². The number of pyridine rings is 1. The number of rotatable bonds is 7. The third kappa shape index (κ3) is 5.52. The van der Waals surface area contributed by atoms with Gasteiger partial charge in [0.05, 0.1) is 5.69 Å². The van der Waals surface area contributed by atoms with Gasteiger partial charge in [-0.05, 0) is 50.0 Å². The van der Waals surface area contributed by atoms with Crippen LogP contribution in [0.3, 0.4) is 0 Å². The predicted molar refractivity (Wildman–Crippen MR) is 118 cm³/mol. The van der Waals surface area contributed by atoms with Gasteiger partial charge in [-0.25, -0.2) is 4.98 Å². The number of aryl methyl sites for hydroxylation is 2. The normalized spacial score (nSPS) is 12.0. The van der Waals surface area contributed by atoms with E-state index >= 15 is 0 Å². The summed E-state index contributed by atoms with van der Waals surface area (Å²) < 4.78 is 0. The van der Waals surface area contributed by atoms with Gasteiger partial charge in [-0.3, -0.25) is 15.6 Å². The molecule has 0 saturated carbocycles. The van der Waals surface area contributed by atoms with Crippen LogP contribution < -0.4 is 21.9 Å². The van der Waals surface area contributed by atoms with E-state index in [0.29, 0.717) is 21.6 Å². The summed E-state index contributed by atoms with van der Waals surface area (Å²) in [6.45, 7) is 9.08. The second kappa shape index (κ2) is 9.85. The van der Waals surface area contributed by atoms with Crippen molar-refractivity contribution in [2.75, 3.05) is 12.3 Å². The van der Waals surface area contributed by atoms with Crippen molar-refractivity contribution in [3.05, 3.63) is 22.2 Å². The van der Waals surface area contributed by atoms with Gasteiger partial charge in [-0.2, -0.15) is 0 Å². The molecule has 2 aromatic rings. The maximum absolute atomic E-state index is 12.5. The largest absolute Gasteiger partial charge is 0.397 e. The minimum absolute atomic E-state index is 0.310. The number of anilines is 1. The minimum atomic E-state index is -0.310. The van der Waals surface area contributed by atoms with Crippen LogP contribution in [0, 0.1) is 19.8 Å². The van der Waals surface area contributed by atoms with Crippen molar-refractivity contribution in [3.63, 3.8) is 0 Å². The summed E-state index contributed by atoms with van der Waals surface area (Å²) in [5.41, 5.74) is 14.0. The number of hydrazine groups is 1. The molecule has 8 heteroatoms. The number of thiophene rings is 1. The number of amides is 1. The number of hydrogen-bond acceptors (Lipinski definition) is 5. The van der Waals surface area contributed by atoms with E-state index in [0.717, 1.165) is 34.4 Å². The Labute approximate surface area is 170 Å². The fourth-order valence-corrected chi connectivity index (χ4v) is 4.28. The number of nitrogens with zero attached hydrogens (tertiary/aromatic N) is 1. The minimum Gasteiger partial charge on any atom is -0.397 e. The number of nitrogen functional groups attached to an aromatic ring is 1.